The summed E-state index contributed by atoms with van der Waals surface area (Å²) in [6.45, 7) is 17.0. The van der Waals surface area contributed by atoms with Crippen LogP contribution in [0, 0.1) is 44.8 Å². The highest BCUT2D eigenvalue weighted by Crippen LogP contribution is 2.75. The van der Waals surface area contributed by atoms with E-state index in [1.54, 1.807) is 7.11 Å². The first-order chi connectivity index (χ1) is 15.8. The second-order valence-corrected chi connectivity index (χ2v) is 14.2. The van der Waals surface area contributed by atoms with Crippen LogP contribution in [0.5, 0.6) is 0 Å². The lowest BCUT2D eigenvalue weighted by molar-refractivity contribution is -0.197. The first kappa shape index (κ1) is 24.6. The molecule has 5 rings (SSSR count). The van der Waals surface area contributed by atoms with E-state index < -0.39 is 5.41 Å². The van der Waals surface area contributed by atoms with Gasteiger partial charge in [0.15, 0.2) is 0 Å². The molecule has 0 aromatic heterocycles. The lowest BCUT2D eigenvalue weighted by atomic mass is 9.34. The Bertz CT molecular complexity index is 958. The third-order valence-corrected chi connectivity index (χ3v) is 13.0. The monoisotopic (exact) mass is 468 g/mol. The fourth-order valence-corrected chi connectivity index (χ4v) is 10.4. The van der Waals surface area contributed by atoms with Crippen LogP contribution in [0.4, 0.5) is 0 Å². The van der Waals surface area contributed by atoms with E-state index in [0.29, 0.717) is 17.8 Å². The van der Waals surface area contributed by atoms with Crippen LogP contribution in [0.15, 0.2) is 22.8 Å². The second kappa shape index (κ2) is 7.46. The van der Waals surface area contributed by atoms with E-state index in [0.717, 1.165) is 44.9 Å². The van der Waals surface area contributed by atoms with Crippen molar-refractivity contribution in [2.45, 2.75) is 112 Å². The Morgan fingerprint density at radius 3 is 2.35 bits per heavy atom. The molecule has 34 heavy (non-hydrogen) atoms. The predicted molar refractivity (Wildman–Crippen MR) is 137 cm³/mol. The van der Waals surface area contributed by atoms with Crippen LogP contribution in [0.25, 0.3) is 0 Å². The molecule has 0 heterocycles. The van der Waals surface area contributed by atoms with Gasteiger partial charge in [0.1, 0.15) is 0 Å². The van der Waals surface area contributed by atoms with E-state index in [1.807, 2.05) is 0 Å². The van der Waals surface area contributed by atoms with Gasteiger partial charge in [-0.2, -0.15) is 0 Å². The van der Waals surface area contributed by atoms with Gasteiger partial charge in [0.05, 0.1) is 18.6 Å². The maximum Gasteiger partial charge on any atom is 0.316 e. The van der Waals surface area contributed by atoms with E-state index in [9.17, 15) is 9.90 Å². The molecule has 1 N–H and O–H groups in total. The zero-order valence-electron chi connectivity index (χ0n) is 23.0. The summed E-state index contributed by atoms with van der Waals surface area (Å²) in [6, 6.07) is 0. The maximum atomic E-state index is 13.4. The minimum atomic E-state index is -0.447. The number of hydrogen-bond donors (Lipinski definition) is 1. The Labute approximate surface area is 207 Å². The minimum Gasteiger partial charge on any atom is -0.468 e. The quantitative estimate of drug-likeness (QED) is 0.413. The Balaban J connectivity index is 1.65. The number of hydrogen-bond acceptors (Lipinski definition) is 3. The Morgan fingerprint density at radius 2 is 1.68 bits per heavy atom. The van der Waals surface area contributed by atoms with Gasteiger partial charge in [-0.15, -0.1) is 0 Å². The molecule has 5 aliphatic carbocycles. The average molecular weight is 469 g/mol. The van der Waals surface area contributed by atoms with E-state index in [-0.39, 0.29) is 33.7 Å². The molecular weight excluding hydrogens is 420 g/mol. The molecule has 3 nitrogen and oxygen atoms in total. The van der Waals surface area contributed by atoms with Gasteiger partial charge >= 0.3 is 5.97 Å². The number of rotatable bonds is 1. The number of aliphatic hydroxyl groups is 1. The van der Waals surface area contributed by atoms with Crippen molar-refractivity contribution in [3.63, 3.8) is 0 Å². The lowest BCUT2D eigenvalue weighted by Gasteiger charge is -2.70. The van der Waals surface area contributed by atoms with Gasteiger partial charge in [-0.3, -0.25) is 4.79 Å². The number of carbonyl (C=O) groups is 1. The van der Waals surface area contributed by atoms with Crippen molar-refractivity contribution in [2.24, 2.45) is 44.8 Å². The molecular formula is C31H48O3. The number of allylic oxidation sites excluding steroid dienone is 3. The zero-order chi connectivity index (χ0) is 24.9. The van der Waals surface area contributed by atoms with Crippen molar-refractivity contribution >= 4 is 5.97 Å². The van der Waals surface area contributed by atoms with Crippen molar-refractivity contribution in [2.75, 3.05) is 7.11 Å². The second-order valence-electron chi connectivity index (χ2n) is 14.2. The predicted octanol–water partition coefficient (Wildman–Crippen LogP) is 7.24. The molecule has 5 aliphatic rings. The number of ether oxygens (including phenoxy) is 1. The van der Waals surface area contributed by atoms with Crippen LogP contribution >= 0.6 is 0 Å². The molecule has 0 aromatic carbocycles. The molecule has 3 heteroatoms. The molecule has 8 atom stereocenters. The van der Waals surface area contributed by atoms with Crippen LogP contribution in [-0.4, -0.2) is 24.3 Å². The summed E-state index contributed by atoms with van der Waals surface area (Å²) in [6.07, 6.45) is 11.9. The summed E-state index contributed by atoms with van der Waals surface area (Å²) in [5.41, 5.74) is 4.34. The summed E-state index contributed by atoms with van der Waals surface area (Å²) >= 11 is 0. The van der Waals surface area contributed by atoms with Crippen LogP contribution in [-0.2, 0) is 9.53 Å². The van der Waals surface area contributed by atoms with Crippen LogP contribution in [0.2, 0.25) is 0 Å². The molecule has 0 aromatic rings. The van der Waals surface area contributed by atoms with Gasteiger partial charge in [0, 0.05) is 0 Å². The normalized spacial score (nSPS) is 49.7. The summed E-state index contributed by atoms with van der Waals surface area (Å²) < 4.78 is 5.47. The zero-order valence-corrected chi connectivity index (χ0v) is 23.0. The van der Waals surface area contributed by atoms with Crippen molar-refractivity contribution in [1.82, 2.24) is 0 Å². The van der Waals surface area contributed by atoms with Gasteiger partial charge < -0.3 is 9.84 Å². The van der Waals surface area contributed by atoms with E-state index in [4.69, 9.17) is 4.74 Å². The molecule has 0 bridgehead atoms. The van der Waals surface area contributed by atoms with E-state index in [1.165, 1.54) is 29.6 Å². The molecule has 190 valence electrons. The topological polar surface area (TPSA) is 46.5 Å². The first-order valence-corrected chi connectivity index (χ1v) is 14.0. The Hall–Kier alpha value is -1.09. The molecule has 0 saturated heterocycles. The van der Waals surface area contributed by atoms with Crippen molar-refractivity contribution in [3.8, 4) is 0 Å². The average Bonchev–Trinajstić information content (AvgIpc) is 2.79. The van der Waals surface area contributed by atoms with Gasteiger partial charge in [0.25, 0.3) is 0 Å². The van der Waals surface area contributed by atoms with Crippen molar-refractivity contribution in [3.05, 3.63) is 22.8 Å². The first-order valence-electron chi connectivity index (χ1n) is 14.0. The molecule has 0 spiro atoms. The SMILES string of the molecule is COC(=O)C12CCC(C)C(C)=C1C1=CCC3C4(C)CCC(O)C(C)(C)C4CCC3(C)C1(C)CC2. The maximum absolute atomic E-state index is 13.4. The number of esters is 1. The third-order valence-electron chi connectivity index (χ3n) is 13.0. The summed E-state index contributed by atoms with van der Waals surface area (Å²) in [5.74, 6) is 1.69. The highest BCUT2D eigenvalue weighted by Gasteiger charge is 2.68. The molecule has 0 radical (unpaired) electrons. The third kappa shape index (κ3) is 2.77. The molecule has 3 fully saturated rings. The molecule has 3 saturated carbocycles. The van der Waals surface area contributed by atoms with E-state index >= 15 is 0 Å². The molecule has 0 aliphatic heterocycles. The summed E-state index contributed by atoms with van der Waals surface area (Å²) in [7, 11) is 1.57. The number of methoxy groups -OCH3 is 1. The van der Waals surface area contributed by atoms with Crippen molar-refractivity contribution < 1.29 is 14.6 Å². The Kier molecular flexibility index (Phi) is 5.40. The van der Waals surface area contributed by atoms with Crippen LogP contribution in [0.3, 0.4) is 0 Å². The summed E-state index contributed by atoms with van der Waals surface area (Å²) in [5, 5.41) is 10.9. The molecule has 0 amide bonds. The van der Waals surface area contributed by atoms with Crippen molar-refractivity contribution in [1.29, 1.82) is 0 Å². The van der Waals surface area contributed by atoms with Gasteiger partial charge in [-0.1, -0.05) is 53.2 Å². The lowest BCUT2D eigenvalue weighted by Crippen LogP contribution is -2.64. The number of fused-ring (bicyclic) bond motifs is 7. The fourth-order valence-electron chi connectivity index (χ4n) is 10.4. The van der Waals surface area contributed by atoms with E-state index in [2.05, 4.69) is 54.5 Å². The molecule has 8 unspecified atom stereocenters. The van der Waals surface area contributed by atoms with Gasteiger partial charge in [-0.05, 0) is 115 Å². The number of carbonyl (C=O) groups excluding carboxylic acids is 1. The Morgan fingerprint density at radius 1 is 0.971 bits per heavy atom. The summed E-state index contributed by atoms with van der Waals surface area (Å²) in [4.78, 5) is 13.4. The largest absolute Gasteiger partial charge is 0.468 e. The number of aliphatic hydroxyl groups excluding tert-OH is 1. The van der Waals surface area contributed by atoms with Crippen LogP contribution < -0.4 is 0 Å². The highest BCUT2D eigenvalue weighted by atomic mass is 16.5. The smallest absolute Gasteiger partial charge is 0.316 e. The minimum absolute atomic E-state index is 0.0114. The standard InChI is InChI=1S/C31H48O3/c1-19-11-16-31(26(33)34-8)18-17-29(6)21(25(31)20(19)2)9-10-23-28(5)14-13-24(32)27(3,4)22(28)12-15-30(23,29)7/h9,19,22-24,32H,10-18H2,1-8H3. The van der Waals surface area contributed by atoms with Gasteiger partial charge in [-0.25, -0.2) is 0 Å². The van der Waals surface area contributed by atoms with Crippen LogP contribution in [0.1, 0.15) is 106 Å². The van der Waals surface area contributed by atoms with Gasteiger partial charge in [0.2, 0.25) is 0 Å². The highest BCUT2D eigenvalue weighted by molar-refractivity contribution is 5.84. The fraction of sp³-hybridized carbons (Fsp3) is 0.839.